The van der Waals surface area contributed by atoms with Crippen molar-refractivity contribution in [1.29, 1.82) is 0 Å². The van der Waals surface area contributed by atoms with E-state index in [1.54, 1.807) is 11.0 Å². The number of carbonyl (C=O) groups is 2. The highest BCUT2D eigenvalue weighted by atomic mass is 32.1. The molecule has 2 heterocycles. The molecular formula is C18H17F3N2O2S. The molecule has 8 heteroatoms. The Labute approximate surface area is 152 Å². The van der Waals surface area contributed by atoms with E-state index < -0.39 is 17.6 Å². The van der Waals surface area contributed by atoms with Gasteiger partial charge in [-0.25, -0.2) is 0 Å². The van der Waals surface area contributed by atoms with Crippen molar-refractivity contribution in [2.75, 3.05) is 13.1 Å². The van der Waals surface area contributed by atoms with E-state index in [1.807, 2.05) is 11.4 Å². The van der Waals surface area contributed by atoms with E-state index in [0.29, 0.717) is 30.8 Å². The number of hydrogen-bond donors (Lipinski definition) is 1. The molecule has 2 aromatic rings. The number of amides is 2. The van der Waals surface area contributed by atoms with Gasteiger partial charge < -0.3 is 10.2 Å². The zero-order chi connectivity index (χ0) is 18.7. The highest BCUT2D eigenvalue weighted by Gasteiger charge is 2.35. The Morgan fingerprint density at radius 2 is 1.77 bits per heavy atom. The van der Waals surface area contributed by atoms with Gasteiger partial charge in [0.05, 0.1) is 16.0 Å². The molecule has 0 saturated carbocycles. The second-order valence-corrected chi connectivity index (χ2v) is 7.01. The minimum absolute atomic E-state index is 0.0489. The smallest absolute Gasteiger partial charge is 0.349 e. The van der Waals surface area contributed by atoms with Crippen molar-refractivity contribution in [2.24, 2.45) is 0 Å². The fraction of sp³-hybridized carbons (Fsp3) is 0.333. The van der Waals surface area contributed by atoms with Crippen molar-refractivity contribution < 1.29 is 22.8 Å². The Morgan fingerprint density at radius 1 is 1.08 bits per heavy atom. The number of rotatable bonds is 3. The molecule has 1 fully saturated rings. The molecule has 3 rings (SSSR count). The van der Waals surface area contributed by atoms with Crippen LogP contribution in [0.3, 0.4) is 0 Å². The number of halogens is 3. The van der Waals surface area contributed by atoms with Crippen LogP contribution in [0.25, 0.3) is 0 Å². The lowest BCUT2D eigenvalue weighted by Gasteiger charge is -2.32. The monoisotopic (exact) mass is 382 g/mol. The number of hydrogen-bond acceptors (Lipinski definition) is 3. The van der Waals surface area contributed by atoms with E-state index in [0.717, 1.165) is 6.07 Å². The normalized spacial score (nSPS) is 15.7. The quantitative estimate of drug-likeness (QED) is 0.878. The van der Waals surface area contributed by atoms with Crippen molar-refractivity contribution in [3.63, 3.8) is 0 Å². The molecule has 0 spiro atoms. The molecule has 0 unspecified atom stereocenters. The summed E-state index contributed by atoms with van der Waals surface area (Å²) in [6.45, 7) is 0.922. The highest BCUT2D eigenvalue weighted by molar-refractivity contribution is 7.12. The lowest BCUT2D eigenvalue weighted by atomic mass is 10.0. The van der Waals surface area contributed by atoms with Gasteiger partial charge in [0.25, 0.3) is 11.8 Å². The fourth-order valence-corrected chi connectivity index (χ4v) is 3.67. The molecule has 0 bridgehead atoms. The Kier molecular flexibility index (Phi) is 5.31. The van der Waals surface area contributed by atoms with Crippen LogP contribution in [0.5, 0.6) is 0 Å². The zero-order valence-electron chi connectivity index (χ0n) is 13.8. The molecule has 138 valence electrons. The van der Waals surface area contributed by atoms with E-state index in [9.17, 15) is 22.8 Å². The Bertz CT molecular complexity index is 782. The molecule has 1 N–H and O–H groups in total. The summed E-state index contributed by atoms with van der Waals surface area (Å²) in [4.78, 5) is 26.9. The molecule has 0 radical (unpaired) electrons. The largest absolute Gasteiger partial charge is 0.417 e. The third-order valence-electron chi connectivity index (χ3n) is 4.33. The second-order valence-electron chi connectivity index (χ2n) is 6.06. The molecule has 26 heavy (non-hydrogen) atoms. The van der Waals surface area contributed by atoms with Crippen LogP contribution in [0.15, 0.2) is 41.8 Å². The average Bonchev–Trinajstić information content (AvgIpc) is 3.15. The SMILES string of the molecule is O=C(NC1CCN(C(=O)c2cccs2)CC1)c1ccccc1C(F)(F)F. The molecule has 0 aliphatic carbocycles. The molecule has 1 saturated heterocycles. The summed E-state index contributed by atoms with van der Waals surface area (Å²) in [6, 6.07) is 8.06. The summed E-state index contributed by atoms with van der Waals surface area (Å²) in [5.74, 6) is -0.784. The number of likely N-dealkylation sites (tertiary alicyclic amines) is 1. The van der Waals surface area contributed by atoms with E-state index in [1.165, 1.54) is 29.5 Å². The number of nitrogens with one attached hydrogen (secondary N) is 1. The molecule has 1 aromatic heterocycles. The number of carbonyl (C=O) groups excluding carboxylic acids is 2. The van der Waals surface area contributed by atoms with Gasteiger partial charge in [0.15, 0.2) is 0 Å². The third-order valence-corrected chi connectivity index (χ3v) is 5.18. The van der Waals surface area contributed by atoms with Crippen LogP contribution in [0.4, 0.5) is 13.2 Å². The Morgan fingerprint density at radius 3 is 2.38 bits per heavy atom. The maximum absolute atomic E-state index is 13.0. The van der Waals surface area contributed by atoms with Crippen LogP contribution in [0, 0.1) is 0 Å². The molecule has 1 aliphatic heterocycles. The molecular weight excluding hydrogens is 365 g/mol. The van der Waals surface area contributed by atoms with Crippen molar-refractivity contribution in [1.82, 2.24) is 10.2 Å². The molecule has 0 atom stereocenters. The lowest BCUT2D eigenvalue weighted by molar-refractivity contribution is -0.137. The average molecular weight is 382 g/mol. The molecule has 4 nitrogen and oxygen atoms in total. The summed E-state index contributed by atoms with van der Waals surface area (Å²) in [5, 5.41) is 4.50. The standard InChI is InChI=1S/C18H17F3N2O2S/c19-18(20,21)14-5-2-1-4-13(14)16(24)22-12-7-9-23(10-8-12)17(25)15-6-3-11-26-15/h1-6,11-12H,7-10H2,(H,22,24). The van der Waals surface area contributed by atoms with E-state index in [-0.39, 0.29) is 17.5 Å². The minimum atomic E-state index is -4.58. The van der Waals surface area contributed by atoms with Gasteiger partial charge in [-0.3, -0.25) is 9.59 Å². The van der Waals surface area contributed by atoms with Crippen molar-refractivity contribution >= 4 is 23.2 Å². The number of nitrogens with zero attached hydrogens (tertiary/aromatic N) is 1. The van der Waals surface area contributed by atoms with Crippen LogP contribution in [0.2, 0.25) is 0 Å². The third kappa shape index (κ3) is 4.07. The van der Waals surface area contributed by atoms with E-state index in [4.69, 9.17) is 0 Å². The summed E-state index contributed by atoms with van der Waals surface area (Å²) in [7, 11) is 0. The summed E-state index contributed by atoms with van der Waals surface area (Å²) < 4.78 is 39.1. The maximum atomic E-state index is 13.0. The van der Waals surface area contributed by atoms with Crippen molar-refractivity contribution in [3.8, 4) is 0 Å². The highest BCUT2D eigenvalue weighted by Crippen LogP contribution is 2.32. The topological polar surface area (TPSA) is 49.4 Å². The molecule has 2 amide bonds. The first-order valence-corrected chi connectivity index (χ1v) is 9.04. The van der Waals surface area contributed by atoms with Gasteiger partial charge in [-0.2, -0.15) is 13.2 Å². The van der Waals surface area contributed by atoms with Gasteiger partial charge >= 0.3 is 6.18 Å². The summed E-state index contributed by atoms with van der Waals surface area (Å²) in [5.41, 5.74) is -1.32. The molecule has 1 aliphatic rings. The van der Waals surface area contributed by atoms with Gasteiger partial charge in [-0.15, -0.1) is 11.3 Å². The number of thiophene rings is 1. The first-order valence-electron chi connectivity index (χ1n) is 8.16. The van der Waals surface area contributed by atoms with Crippen molar-refractivity contribution in [3.05, 3.63) is 57.8 Å². The van der Waals surface area contributed by atoms with Crippen LogP contribution < -0.4 is 5.32 Å². The number of piperidine rings is 1. The Balaban J connectivity index is 1.60. The van der Waals surface area contributed by atoms with Crippen LogP contribution in [0.1, 0.15) is 38.4 Å². The lowest BCUT2D eigenvalue weighted by Crippen LogP contribution is -2.46. The predicted molar refractivity (Wildman–Crippen MR) is 92.2 cm³/mol. The molecule has 1 aromatic carbocycles. The minimum Gasteiger partial charge on any atom is -0.349 e. The van der Waals surface area contributed by atoms with Crippen LogP contribution in [-0.4, -0.2) is 35.8 Å². The fourth-order valence-electron chi connectivity index (χ4n) is 2.97. The van der Waals surface area contributed by atoms with Crippen molar-refractivity contribution in [2.45, 2.75) is 25.1 Å². The summed E-state index contributed by atoms with van der Waals surface area (Å²) >= 11 is 1.37. The summed E-state index contributed by atoms with van der Waals surface area (Å²) in [6.07, 6.45) is -3.56. The second kappa shape index (κ2) is 7.49. The van der Waals surface area contributed by atoms with Gasteiger partial charge in [0.1, 0.15) is 0 Å². The van der Waals surface area contributed by atoms with E-state index in [2.05, 4.69) is 5.32 Å². The number of benzene rings is 1. The van der Waals surface area contributed by atoms with Crippen LogP contribution >= 0.6 is 11.3 Å². The first-order chi connectivity index (χ1) is 12.4. The van der Waals surface area contributed by atoms with Gasteiger partial charge in [-0.05, 0) is 36.4 Å². The van der Waals surface area contributed by atoms with Gasteiger partial charge in [0.2, 0.25) is 0 Å². The number of alkyl halides is 3. The Hall–Kier alpha value is -2.35. The zero-order valence-corrected chi connectivity index (χ0v) is 14.6. The first kappa shape index (κ1) is 18.4. The maximum Gasteiger partial charge on any atom is 0.417 e. The predicted octanol–water partition coefficient (Wildman–Crippen LogP) is 3.80. The van der Waals surface area contributed by atoms with Crippen LogP contribution in [-0.2, 0) is 6.18 Å². The van der Waals surface area contributed by atoms with Gasteiger partial charge in [-0.1, -0.05) is 18.2 Å². The van der Waals surface area contributed by atoms with Gasteiger partial charge in [0, 0.05) is 19.1 Å². The van der Waals surface area contributed by atoms with E-state index >= 15 is 0 Å².